The molecule has 0 spiro atoms. The van der Waals surface area contributed by atoms with E-state index in [9.17, 15) is 28.8 Å². The first-order valence-corrected chi connectivity index (χ1v) is 26.2. The van der Waals surface area contributed by atoms with Gasteiger partial charge in [0, 0.05) is 6.61 Å². The van der Waals surface area contributed by atoms with Gasteiger partial charge in [0.05, 0.1) is 46.1 Å². The first kappa shape index (κ1) is 56.2. The van der Waals surface area contributed by atoms with Gasteiger partial charge >= 0.3 is 35.8 Å². The number of hydrogen-bond donors (Lipinski definition) is 0. The van der Waals surface area contributed by atoms with E-state index in [1.54, 1.807) is 140 Å². The molecule has 8 rings (SSSR count). The van der Waals surface area contributed by atoms with Crippen molar-refractivity contribution >= 4 is 35.8 Å². The summed E-state index contributed by atoms with van der Waals surface area (Å²) in [5.74, 6) is -5.02. The second-order valence-electron chi connectivity index (χ2n) is 18.6. The molecule has 10 atom stereocenters. The Bertz CT molecular complexity index is 2860. The van der Waals surface area contributed by atoms with Crippen molar-refractivity contribution in [2.45, 2.75) is 114 Å². The van der Waals surface area contributed by atoms with Crippen LogP contribution in [0.1, 0.15) is 115 Å². The second-order valence-corrected chi connectivity index (χ2v) is 18.6. The SMILES string of the molecule is CCCCCCCCO[C@H]1O[C@H](CO[C@H]2O[C@H](C)[C@@H](OC(=O)c3ccccc3)[C@H](OC(=O)c3ccccc3)[C@@H]2OC(=O)c2ccccc2)[C@@H](OC(=O)c2ccccc2)[C@H](OC(=O)c2ccccc2)[C@@H]1OC(=O)c1ccccc1. The zero-order chi connectivity index (χ0) is 54.6. The number of carbonyl (C=O) groups excluding carboxylic acids is 6. The van der Waals surface area contributed by atoms with Crippen LogP contribution in [0.25, 0.3) is 0 Å². The van der Waals surface area contributed by atoms with Gasteiger partial charge in [0.15, 0.2) is 49.2 Å². The normalized spacial score (nSPS) is 22.7. The monoisotopic (exact) mass is 1060 g/mol. The topological polar surface area (TPSA) is 195 Å². The molecule has 78 heavy (non-hydrogen) atoms. The molecular weight excluding hydrogens is 1000 g/mol. The van der Waals surface area contributed by atoms with Gasteiger partial charge in [-0.2, -0.15) is 0 Å². The zero-order valence-corrected chi connectivity index (χ0v) is 43.3. The lowest BCUT2D eigenvalue weighted by molar-refractivity contribution is -0.325. The molecule has 0 unspecified atom stereocenters. The first-order chi connectivity index (χ1) is 38.1. The molecular formula is C62H62O16. The summed E-state index contributed by atoms with van der Waals surface area (Å²) in [6, 6.07) is 48.5. The maximum atomic E-state index is 14.3. The number of esters is 6. The molecule has 16 heteroatoms. The standard InChI is InChI=1S/C62H62O16/c1-3-4-5-6-7-26-39-69-61-54(78-60(68)47-37-24-13-25-38-47)52(76-58(66)45-33-20-11-21-34-45)50(74-56(64)43-29-16-9-17-30-43)48(72-61)40-70-62-53(77-59(67)46-35-22-12-23-36-46)51(75-57(65)44-31-18-10-19-32-44)49(41(2)71-62)73-55(63)42-27-14-8-15-28-42/h8-25,27-38,41,48-54,61-62H,3-7,26,39-40H2,1-2H3/t41-,48-,49-,50-,51+,52+,53+,54+,61+,62+/m1/s1. The Morgan fingerprint density at radius 3 is 1.01 bits per heavy atom. The van der Waals surface area contributed by atoms with Crippen molar-refractivity contribution in [3.05, 3.63) is 215 Å². The average Bonchev–Trinajstić information content (AvgIpc) is 3.58. The molecule has 0 amide bonds. The summed E-state index contributed by atoms with van der Waals surface area (Å²) in [7, 11) is 0. The summed E-state index contributed by atoms with van der Waals surface area (Å²) in [6.45, 7) is 3.23. The van der Waals surface area contributed by atoms with Gasteiger partial charge in [-0.3, -0.25) is 0 Å². The predicted molar refractivity (Wildman–Crippen MR) is 282 cm³/mol. The highest BCUT2D eigenvalue weighted by molar-refractivity contribution is 5.92. The Balaban J connectivity index is 1.18. The first-order valence-electron chi connectivity index (χ1n) is 26.2. The lowest BCUT2D eigenvalue weighted by atomic mass is 9.97. The average molecular weight is 1060 g/mol. The van der Waals surface area contributed by atoms with Crippen molar-refractivity contribution in [3.8, 4) is 0 Å². The van der Waals surface area contributed by atoms with Crippen LogP contribution in [-0.2, 0) is 47.4 Å². The molecule has 2 aliphatic rings. The third-order valence-corrected chi connectivity index (χ3v) is 13.0. The van der Waals surface area contributed by atoms with Crippen LogP contribution in [0, 0.1) is 0 Å². The van der Waals surface area contributed by atoms with Gasteiger partial charge in [0.2, 0.25) is 0 Å². The Morgan fingerprint density at radius 2 is 0.641 bits per heavy atom. The molecule has 406 valence electrons. The minimum Gasteiger partial charge on any atom is -0.452 e. The van der Waals surface area contributed by atoms with Gasteiger partial charge in [-0.05, 0) is 86.1 Å². The molecule has 0 aliphatic carbocycles. The minimum atomic E-state index is -1.67. The molecule has 2 saturated heterocycles. The zero-order valence-electron chi connectivity index (χ0n) is 43.3. The number of unbranched alkanes of at least 4 members (excludes halogenated alkanes) is 5. The van der Waals surface area contributed by atoms with Crippen molar-refractivity contribution in [1.82, 2.24) is 0 Å². The Kier molecular flexibility index (Phi) is 20.4. The molecule has 2 aliphatic heterocycles. The molecule has 0 saturated carbocycles. The molecule has 2 fully saturated rings. The van der Waals surface area contributed by atoms with Crippen molar-refractivity contribution in [1.29, 1.82) is 0 Å². The smallest absolute Gasteiger partial charge is 0.338 e. The third kappa shape index (κ3) is 15.1. The maximum Gasteiger partial charge on any atom is 0.338 e. The van der Waals surface area contributed by atoms with Crippen LogP contribution in [0.15, 0.2) is 182 Å². The summed E-state index contributed by atoms with van der Waals surface area (Å²) in [6.07, 6.45) is -9.58. The van der Waals surface area contributed by atoms with Crippen molar-refractivity contribution in [2.75, 3.05) is 13.2 Å². The molecule has 0 N–H and O–H groups in total. The summed E-state index contributed by atoms with van der Waals surface area (Å²) in [5.41, 5.74) is 0.866. The summed E-state index contributed by atoms with van der Waals surface area (Å²) in [5, 5.41) is 0. The van der Waals surface area contributed by atoms with E-state index in [1.165, 1.54) is 48.5 Å². The fourth-order valence-electron chi connectivity index (χ4n) is 8.94. The summed E-state index contributed by atoms with van der Waals surface area (Å²) < 4.78 is 63.6. The van der Waals surface area contributed by atoms with Crippen LogP contribution >= 0.6 is 0 Å². The minimum absolute atomic E-state index is 0.119. The van der Waals surface area contributed by atoms with Crippen LogP contribution in [-0.4, -0.2) is 110 Å². The van der Waals surface area contributed by atoms with Crippen LogP contribution in [0.2, 0.25) is 0 Å². The number of rotatable bonds is 23. The number of ether oxygens (including phenoxy) is 10. The van der Waals surface area contributed by atoms with E-state index >= 15 is 0 Å². The fourth-order valence-corrected chi connectivity index (χ4v) is 8.94. The quantitative estimate of drug-likeness (QED) is 0.0334. The van der Waals surface area contributed by atoms with E-state index in [0.717, 1.165) is 32.1 Å². The van der Waals surface area contributed by atoms with Gasteiger partial charge in [0.25, 0.3) is 0 Å². The van der Waals surface area contributed by atoms with Gasteiger partial charge in [-0.1, -0.05) is 148 Å². The van der Waals surface area contributed by atoms with Crippen molar-refractivity contribution < 1.29 is 76.1 Å². The van der Waals surface area contributed by atoms with E-state index in [1.807, 2.05) is 0 Å². The highest BCUT2D eigenvalue weighted by atomic mass is 16.8. The molecule has 2 heterocycles. The second kappa shape index (κ2) is 28.4. The van der Waals surface area contributed by atoms with E-state index in [2.05, 4.69) is 6.92 Å². The highest BCUT2D eigenvalue weighted by Crippen LogP contribution is 2.35. The molecule has 16 nitrogen and oxygen atoms in total. The lowest BCUT2D eigenvalue weighted by Gasteiger charge is -2.46. The molecule has 0 radical (unpaired) electrons. The number of benzene rings is 6. The van der Waals surface area contributed by atoms with Crippen molar-refractivity contribution in [3.63, 3.8) is 0 Å². The van der Waals surface area contributed by atoms with E-state index < -0.39 is 104 Å². The summed E-state index contributed by atoms with van der Waals surface area (Å²) in [4.78, 5) is 84.7. The lowest BCUT2D eigenvalue weighted by Crippen LogP contribution is -2.64. The van der Waals surface area contributed by atoms with E-state index in [-0.39, 0.29) is 40.0 Å². The van der Waals surface area contributed by atoms with E-state index in [0.29, 0.717) is 6.42 Å². The number of hydrogen-bond acceptors (Lipinski definition) is 16. The summed E-state index contributed by atoms with van der Waals surface area (Å²) >= 11 is 0. The predicted octanol–water partition coefficient (Wildman–Crippen LogP) is 10.2. The van der Waals surface area contributed by atoms with Gasteiger partial charge < -0.3 is 47.4 Å². The fraction of sp³-hybridized carbons (Fsp3) is 0.323. The molecule has 6 aromatic carbocycles. The Hall–Kier alpha value is -8.02. The van der Waals surface area contributed by atoms with Crippen LogP contribution in [0.5, 0.6) is 0 Å². The largest absolute Gasteiger partial charge is 0.452 e. The number of carbonyl (C=O) groups is 6. The van der Waals surface area contributed by atoms with Crippen LogP contribution in [0.4, 0.5) is 0 Å². The van der Waals surface area contributed by atoms with Crippen molar-refractivity contribution in [2.24, 2.45) is 0 Å². The molecule has 0 bridgehead atoms. The Morgan fingerprint density at radius 1 is 0.346 bits per heavy atom. The molecule has 6 aromatic rings. The maximum absolute atomic E-state index is 14.3. The van der Waals surface area contributed by atoms with E-state index in [4.69, 9.17) is 47.4 Å². The molecule has 0 aromatic heterocycles. The Labute approximate surface area is 452 Å². The third-order valence-electron chi connectivity index (χ3n) is 13.0. The highest BCUT2D eigenvalue weighted by Gasteiger charge is 2.56. The van der Waals surface area contributed by atoms with Crippen LogP contribution in [0.3, 0.4) is 0 Å². The van der Waals surface area contributed by atoms with Gasteiger partial charge in [0.1, 0.15) is 6.10 Å². The van der Waals surface area contributed by atoms with Gasteiger partial charge in [-0.25, -0.2) is 28.8 Å². The van der Waals surface area contributed by atoms with Gasteiger partial charge in [-0.15, -0.1) is 0 Å². The van der Waals surface area contributed by atoms with Crippen LogP contribution < -0.4 is 0 Å².